The summed E-state index contributed by atoms with van der Waals surface area (Å²) >= 11 is 0. The van der Waals surface area contributed by atoms with E-state index in [1.54, 1.807) is 0 Å². The molecule has 0 spiro atoms. The lowest BCUT2D eigenvalue weighted by atomic mass is 9.88. The number of hydrogen-bond acceptors (Lipinski definition) is 3. The first-order chi connectivity index (χ1) is 9.60. The highest BCUT2D eigenvalue weighted by atomic mass is 16.5. The maximum Gasteiger partial charge on any atom is 0.325 e. The topological polar surface area (TPSA) is 55.4 Å². The van der Waals surface area contributed by atoms with E-state index in [4.69, 9.17) is 4.74 Å². The van der Waals surface area contributed by atoms with Crippen LogP contribution in [0.2, 0.25) is 0 Å². The van der Waals surface area contributed by atoms with Gasteiger partial charge in [0.2, 0.25) is 5.91 Å². The van der Waals surface area contributed by atoms with Crippen molar-refractivity contribution in [2.45, 2.75) is 39.2 Å². The van der Waals surface area contributed by atoms with Gasteiger partial charge >= 0.3 is 5.97 Å². The molecule has 4 nitrogen and oxygen atoms in total. The summed E-state index contributed by atoms with van der Waals surface area (Å²) in [5.74, 6) is -0.435. The Kier molecular flexibility index (Phi) is 4.77. The van der Waals surface area contributed by atoms with Crippen molar-refractivity contribution in [1.82, 2.24) is 5.32 Å². The minimum Gasteiger partial charge on any atom is -0.460 e. The zero-order valence-electron chi connectivity index (χ0n) is 11.9. The van der Waals surface area contributed by atoms with Gasteiger partial charge in [-0.05, 0) is 18.4 Å². The molecule has 0 unspecified atom stereocenters. The molecule has 4 heteroatoms. The number of ether oxygens (including phenoxy) is 1. The average Bonchev–Trinajstić information content (AvgIpc) is 2.92. The van der Waals surface area contributed by atoms with E-state index in [0.29, 0.717) is 0 Å². The summed E-state index contributed by atoms with van der Waals surface area (Å²) in [6, 6.07) is 9.49. The van der Waals surface area contributed by atoms with Gasteiger partial charge in [0.05, 0.1) is 0 Å². The molecular formula is C16H21NO3. The largest absolute Gasteiger partial charge is 0.460 e. The summed E-state index contributed by atoms with van der Waals surface area (Å²) in [4.78, 5) is 23.6. The lowest BCUT2D eigenvalue weighted by Gasteiger charge is -2.21. The zero-order valence-corrected chi connectivity index (χ0v) is 11.9. The van der Waals surface area contributed by atoms with Gasteiger partial charge in [-0.1, -0.05) is 50.1 Å². The molecule has 1 fully saturated rings. The molecule has 0 aliphatic heterocycles. The Labute approximate surface area is 119 Å². The molecule has 1 amide bonds. The molecule has 1 saturated carbocycles. The monoisotopic (exact) mass is 275 g/mol. The van der Waals surface area contributed by atoms with E-state index in [1.165, 1.54) is 0 Å². The van der Waals surface area contributed by atoms with Crippen LogP contribution in [0.4, 0.5) is 0 Å². The van der Waals surface area contributed by atoms with Gasteiger partial charge in [0, 0.05) is 5.41 Å². The molecule has 0 heterocycles. The van der Waals surface area contributed by atoms with Crippen LogP contribution in [0.1, 0.15) is 38.2 Å². The zero-order chi connectivity index (χ0) is 14.4. The Morgan fingerprint density at radius 1 is 1.20 bits per heavy atom. The fraction of sp³-hybridized carbons (Fsp3) is 0.500. The van der Waals surface area contributed by atoms with Crippen molar-refractivity contribution in [3.8, 4) is 0 Å². The molecule has 0 radical (unpaired) electrons. The first-order valence-corrected chi connectivity index (χ1v) is 7.08. The lowest BCUT2D eigenvalue weighted by molar-refractivity contribution is -0.146. The van der Waals surface area contributed by atoms with Gasteiger partial charge in [0.1, 0.15) is 13.2 Å². The Bertz CT molecular complexity index is 464. The fourth-order valence-electron chi connectivity index (χ4n) is 2.54. The Morgan fingerprint density at radius 2 is 1.85 bits per heavy atom. The molecule has 1 aromatic carbocycles. The van der Waals surface area contributed by atoms with Crippen molar-refractivity contribution < 1.29 is 14.3 Å². The number of carbonyl (C=O) groups is 2. The molecule has 20 heavy (non-hydrogen) atoms. The molecule has 1 aromatic rings. The van der Waals surface area contributed by atoms with E-state index in [2.05, 4.69) is 5.32 Å². The third-order valence-electron chi connectivity index (χ3n) is 3.89. The molecule has 0 saturated heterocycles. The van der Waals surface area contributed by atoms with Crippen molar-refractivity contribution in [3.05, 3.63) is 35.9 Å². The summed E-state index contributed by atoms with van der Waals surface area (Å²) in [6.45, 7) is 2.15. The highest BCUT2D eigenvalue weighted by molar-refractivity contribution is 5.86. The van der Waals surface area contributed by atoms with Gasteiger partial charge < -0.3 is 10.1 Å². The second-order valence-electron chi connectivity index (χ2n) is 5.60. The summed E-state index contributed by atoms with van der Waals surface area (Å²) in [5, 5.41) is 2.69. The third kappa shape index (κ3) is 3.83. The molecule has 2 rings (SSSR count). The van der Waals surface area contributed by atoms with Crippen LogP contribution in [-0.2, 0) is 20.9 Å². The van der Waals surface area contributed by atoms with Crippen LogP contribution >= 0.6 is 0 Å². The minimum absolute atomic E-state index is 0.0355. The van der Waals surface area contributed by atoms with Crippen LogP contribution < -0.4 is 5.32 Å². The van der Waals surface area contributed by atoms with Crippen LogP contribution in [0.5, 0.6) is 0 Å². The number of nitrogens with one attached hydrogen (secondary N) is 1. The predicted octanol–water partition coefficient (Wildman–Crippen LogP) is 2.43. The summed E-state index contributed by atoms with van der Waals surface area (Å²) < 4.78 is 5.12. The first-order valence-electron chi connectivity index (χ1n) is 7.08. The molecule has 0 bridgehead atoms. The SMILES string of the molecule is CC1(C(=O)NCC(=O)OCc2ccccc2)CCCC1. The van der Waals surface area contributed by atoms with Crippen LogP contribution in [-0.4, -0.2) is 18.4 Å². The Balaban J connectivity index is 1.71. The molecule has 1 N–H and O–H groups in total. The van der Waals surface area contributed by atoms with Crippen LogP contribution in [0.25, 0.3) is 0 Å². The summed E-state index contributed by atoms with van der Waals surface area (Å²) in [6.07, 6.45) is 3.97. The van der Waals surface area contributed by atoms with Gasteiger partial charge in [0.25, 0.3) is 0 Å². The third-order valence-corrected chi connectivity index (χ3v) is 3.89. The van der Waals surface area contributed by atoms with Gasteiger partial charge in [-0.3, -0.25) is 9.59 Å². The first kappa shape index (κ1) is 14.6. The van der Waals surface area contributed by atoms with E-state index < -0.39 is 5.97 Å². The van der Waals surface area contributed by atoms with Gasteiger partial charge in [-0.2, -0.15) is 0 Å². The molecule has 0 aromatic heterocycles. The van der Waals surface area contributed by atoms with Crippen LogP contribution in [0.3, 0.4) is 0 Å². The van der Waals surface area contributed by atoms with E-state index in [9.17, 15) is 9.59 Å². The fourth-order valence-corrected chi connectivity index (χ4v) is 2.54. The standard InChI is InChI=1S/C16H21NO3/c1-16(9-5-6-10-16)15(19)17-11-14(18)20-12-13-7-3-2-4-8-13/h2-4,7-8H,5-6,9-12H2,1H3,(H,17,19). The molecule has 0 atom stereocenters. The maximum absolute atomic E-state index is 12.0. The predicted molar refractivity (Wildman–Crippen MR) is 75.8 cm³/mol. The van der Waals surface area contributed by atoms with Crippen LogP contribution in [0, 0.1) is 5.41 Å². The van der Waals surface area contributed by atoms with E-state index in [-0.39, 0.29) is 24.5 Å². The van der Waals surface area contributed by atoms with Gasteiger partial charge in [-0.15, -0.1) is 0 Å². The highest BCUT2D eigenvalue weighted by Crippen LogP contribution is 2.37. The quantitative estimate of drug-likeness (QED) is 0.840. The van der Waals surface area contributed by atoms with Crippen LogP contribution in [0.15, 0.2) is 30.3 Å². The highest BCUT2D eigenvalue weighted by Gasteiger charge is 2.36. The van der Waals surface area contributed by atoms with Gasteiger partial charge in [-0.25, -0.2) is 0 Å². The molecule has 1 aliphatic rings. The lowest BCUT2D eigenvalue weighted by Crippen LogP contribution is -2.40. The number of amides is 1. The van der Waals surface area contributed by atoms with E-state index >= 15 is 0 Å². The van der Waals surface area contributed by atoms with Crippen molar-refractivity contribution >= 4 is 11.9 Å². The van der Waals surface area contributed by atoms with Crippen molar-refractivity contribution in [2.75, 3.05) is 6.54 Å². The van der Waals surface area contributed by atoms with Crippen molar-refractivity contribution in [2.24, 2.45) is 5.41 Å². The van der Waals surface area contributed by atoms with E-state index in [1.807, 2.05) is 37.3 Å². The number of hydrogen-bond donors (Lipinski definition) is 1. The van der Waals surface area contributed by atoms with Crippen molar-refractivity contribution in [1.29, 1.82) is 0 Å². The summed E-state index contributed by atoms with van der Waals surface area (Å²) in [7, 11) is 0. The number of rotatable bonds is 5. The average molecular weight is 275 g/mol. The van der Waals surface area contributed by atoms with Crippen molar-refractivity contribution in [3.63, 3.8) is 0 Å². The van der Waals surface area contributed by atoms with Gasteiger partial charge in [0.15, 0.2) is 0 Å². The minimum atomic E-state index is -0.399. The van der Waals surface area contributed by atoms with E-state index in [0.717, 1.165) is 31.2 Å². The number of carbonyl (C=O) groups excluding carboxylic acids is 2. The second-order valence-corrected chi connectivity index (χ2v) is 5.60. The number of esters is 1. The molecule has 1 aliphatic carbocycles. The smallest absolute Gasteiger partial charge is 0.325 e. The Morgan fingerprint density at radius 3 is 2.50 bits per heavy atom. The maximum atomic E-state index is 12.0. The summed E-state index contributed by atoms with van der Waals surface area (Å²) in [5.41, 5.74) is 0.634. The normalized spacial score (nSPS) is 16.6. The number of benzene rings is 1. The molecule has 108 valence electrons. The molecular weight excluding hydrogens is 254 g/mol. The second kappa shape index (κ2) is 6.55. The Hall–Kier alpha value is -1.84.